The lowest BCUT2D eigenvalue weighted by Gasteiger charge is -2.15. The van der Waals surface area contributed by atoms with Gasteiger partial charge in [0.2, 0.25) is 0 Å². The third-order valence-electron chi connectivity index (χ3n) is 5.21. The van der Waals surface area contributed by atoms with Crippen LogP contribution in [0.3, 0.4) is 0 Å². The smallest absolute Gasteiger partial charge is 0.278 e. The third-order valence-corrected chi connectivity index (χ3v) is 5.62. The summed E-state index contributed by atoms with van der Waals surface area (Å²) in [6, 6.07) is 16.1. The normalized spacial score (nSPS) is 13.7. The summed E-state index contributed by atoms with van der Waals surface area (Å²) in [5.41, 5.74) is 3.37. The summed E-state index contributed by atoms with van der Waals surface area (Å²) < 4.78 is 5.51. The van der Waals surface area contributed by atoms with E-state index in [4.69, 9.17) is 16.3 Å². The summed E-state index contributed by atoms with van der Waals surface area (Å²) in [7, 11) is 0. The van der Waals surface area contributed by atoms with Crippen molar-refractivity contribution in [3.8, 4) is 5.75 Å². The van der Waals surface area contributed by atoms with Crippen LogP contribution in [0.15, 0.2) is 72.7 Å². The van der Waals surface area contributed by atoms with Crippen molar-refractivity contribution in [3.05, 3.63) is 94.4 Å². The van der Waals surface area contributed by atoms with Crippen LogP contribution in [0.2, 0.25) is 5.02 Å². The third kappa shape index (κ3) is 4.22. The van der Waals surface area contributed by atoms with E-state index in [2.05, 4.69) is 10.3 Å². The predicted molar refractivity (Wildman–Crippen MR) is 124 cm³/mol. The van der Waals surface area contributed by atoms with Crippen molar-refractivity contribution in [3.63, 3.8) is 0 Å². The maximum Gasteiger partial charge on any atom is 0.278 e. The number of nitrogens with one attached hydrogen (secondary N) is 1. The summed E-state index contributed by atoms with van der Waals surface area (Å²) in [5, 5.41) is 3.74. The Morgan fingerprint density at radius 2 is 1.81 bits per heavy atom. The number of pyridine rings is 1. The topological polar surface area (TPSA) is 71.5 Å². The molecule has 0 fully saturated rings. The highest BCUT2D eigenvalue weighted by atomic mass is 35.5. The number of benzene rings is 2. The van der Waals surface area contributed by atoms with Gasteiger partial charge in [-0.1, -0.05) is 35.9 Å². The van der Waals surface area contributed by atoms with Gasteiger partial charge < -0.3 is 10.1 Å². The molecule has 162 valence electrons. The number of nitrogens with zero attached hydrogens (tertiary/aromatic N) is 2. The Morgan fingerprint density at radius 1 is 1.03 bits per heavy atom. The molecule has 2 aromatic carbocycles. The van der Waals surface area contributed by atoms with E-state index in [-0.39, 0.29) is 18.1 Å². The van der Waals surface area contributed by atoms with E-state index in [9.17, 15) is 9.59 Å². The number of aromatic nitrogens is 1. The predicted octanol–water partition coefficient (Wildman–Crippen LogP) is 4.83. The summed E-state index contributed by atoms with van der Waals surface area (Å²) >= 11 is 6.26. The van der Waals surface area contributed by atoms with Gasteiger partial charge in [-0.3, -0.25) is 19.5 Å². The number of anilines is 1. The Morgan fingerprint density at radius 3 is 2.50 bits per heavy atom. The summed E-state index contributed by atoms with van der Waals surface area (Å²) in [6.07, 6.45) is 3.29. The molecule has 0 saturated heterocycles. The molecule has 0 aliphatic carbocycles. The Bertz CT molecular complexity index is 1190. The minimum atomic E-state index is -0.401. The molecule has 1 aliphatic rings. The second kappa shape index (κ2) is 9.24. The highest BCUT2D eigenvalue weighted by Gasteiger charge is 2.39. The van der Waals surface area contributed by atoms with Crippen molar-refractivity contribution >= 4 is 34.7 Å². The molecule has 7 heteroatoms. The second-order valence-corrected chi connectivity index (χ2v) is 7.71. The lowest BCUT2D eigenvalue weighted by atomic mass is 10.0. The largest absolute Gasteiger partial charge is 0.494 e. The molecule has 6 nitrogen and oxygen atoms in total. The first-order valence-electron chi connectivity index (χ1n) is 10.2. The molecule has 1 aliphatic heterocycles. The van der Waals surface area contributed by atoms with E-state index in [1.165, 1.54) is 4.90 Å². The molecule has 0 bridgehead atoms. The quantitative estimate of drug-likeness (QED) is 0.525. The number of carbonyl (C=O) groups excluding carboxylic acids is 2. The lowest BCUT2D eigenvalue weighted by Crippen LogP contribution is -2.32. The zero-order valence-corrected chi connectivity index (χ0v) is 18.5. The van der Waals surface area contributed by atoms with Crippen molar-refractivity contribution in [2.24, 2.45) is 0 Å². The minimum Gasteiger partial charge on any atom is -0.494 e. The summed E-state index contributed by atoms with van der Waals surface area (Å²) in [4.78, 5) is 32.1. The van der Waals surface area contributed by atoms with Crippen LogP contribution in [0.5, 0.6) is 5.75 Å². The molecule has 0 spiro atoms. The molecule has 3 aromatic rings. The highest BCUT2D eigenvalue weighted by Crippen LogP contribution is 2.34. The van der Waals surface area contributed by atoms with Crippen LogP contribution in [0.25, 0.3) is 5.57 Å². The Hall–Kier alpha value is -3.64. The SMILES string of the molecule is CCOc1ccc(C2=C(Nc3cccc(Cl)c3C)C(=O)N(Cc3cccnc3)C2=O)cc1. The van der Waals surface area contributed by atoms with E-state index < -0.39 is 5.91 Å². The van der Waals surface area contributed by atoms with Crippen molar-refractivity contribution in [1.82, 2.24) is 9.88 Å². The standard InChI is InChI=1S/C25H22ClN3O3/c1-3-32-19-11-9-18(10-12-19)22-23(28-21-8-4-7-20(26)16(21)2)25(31)29(24(22)30)15-17-6-5-13-27-14-17/h4-14,28H,3,15H2,1-2H3. The molecule has 1 N–H and O–H groups in total. The molecule has 2 amide bonds. The van der Waals surface area contributed by atoms with Crippen LogP contribution >= 0.6 is 11.6 Å². The fourth-order valence-electron chi connectivity index (χ4n) is 3.54. The van der Waals surface area contributed by atoms with Gasteiger partial charge in [0, 0.05) is 23.1 Å². The second-order valence-electron chi connectivity index (χ2n) is 7.30. The number of rotatable bonds is 7. The molecule has 0 unspecified atom stereocenters. The number of hydrogen-bond donors (Lipinski definition) is 1. The molecule has 2 heterocycles. The minimum absolute atomic E-state index is 0.131. The fourth-order valence-corrected chi connectivity index (χ4v) is 3.71. The van der Waals surface area contributed by atoms with Crippen LogP contribution in [0, 0.1) is 6.92 Å². The molecular weight excluding hydrogens is 426 g/mol. The van der Waals surface area contributed by atoms with E-state index in [0.29, 0.717) is 34.2 Å². The van der Waals surface area contributed by atoms with Gasteiger partial charge in [0.15, 0.2) is 0 Å². The first-order chi connectivity index (χ1) is 15.5. The average molecular weight is 448 g/mol. The maximum atomic E-state index is 13.4. The van der Waals surface area contributed by atoms with Gasteiger partial charge in [0.05, 0.1) is 18.7 Å². The van der Waals surface area contributed by atoms with E-state index in [1.54, 1.807) is 54.9 Å². The lowest BCUT2D eigenvalue weighted by molar-refractivity contribution is -0.137. The number of hydrogen-bond acceptors (Lipinski definition) is 5. The van der Waals surface area contributed by atoms with E-state index in [0.717, 1.165) is 11.1 Å². The summed E-state index contributed by atoms with van der Waals surface area (Å²) in [6.45, 7) is 4.43. The first-order valence-corrected chi connectivity index (χ1v) is 10.6. The van der Waals surface area contributed by atoms with Gasteiger partial charge in [-0.25, -0.2) is 0 Å². The zero-order valence-electron chi connectivity index (χ0n) is 17.8. The molecule has 0 atom stereocenters. The molecular formula is C25H22ClN3O3. The number of imide groups is 1. The molecule has 4 rings (SSSR count). The number of amides is 2. The van der Waals surface area contributed by atoms with Gasteiger partial charge in [-0.15, -0.1) is 0 Å². The number of halogens is 1. The Labute approximate surface area is 191 Å². The van der Waals surface area contributed by atoms with Crippen molar-refractivity contribution < 1.29 is 14.3 Å². The van der Waals surface area contributed by atoms with Crippen molar-refractivity contribution in [2.45, 2.75) is 20.4 Å². The monoisotopic (exact) mass is 447 g/mol. The van der Waals surface area contributed by atoms with E-state index >= 15 is 0 Å². The van der Waals surface area contributed by atoms with Crippen LogP contribution in [0.1, 0.15) is 23.6 Å². The molecule has 32 heavy (non-hydrogen) atoms. The molecule has 1 aromatic heterocycles. The van der Waals surface area contributed by atoms with Gasteiger partial charge in [-0.2, -0.15) is 0 Å². The van der Waals surface area contributed by atoms with E-state index in [1.807, 2.05) is 26.0 Å². The van der Waals surface area contributed by atoms with Crippen LogP contribution in [-0.4, -0.2) is 28.3 Å². The first kappa shape index (κ1) is 21.6. The van der Waals surface area contributed by atoms with Crippen LogP contribution < -0.4 is 10.1 Å². The highest BCUT2D eigenvalue weighted by molar-refractivity contribution is 6.36. The van der Waals surface area contributed by atoms with Crippen LogP contribution in [0.4, 0.5) is 5.69 Å². The van der Waals surface area contributed by atoms with Crippen LogP contribution in [-0.2, 0) is 16.1 Å². The Balaban J connectivity index is 1.75. The fraction of sp³-hybridized carbons (Fsp3) is 0.160. The maximum absolute atomic E-state index is 13.4. The molecule has 0 saturated carbocycles. The van der Waals surface area contributed by atoms with Gasteiger partial charge >= 0.3 is 0 Å². The number of carbonyl (C=O) groups is 2. The molecule has 0 radical (unpaired) electrons. The van der Waals surface area contributed by atoms with Gasteiger partial charge in [-0.05, 0) is 60.9 Å². The van der Waals surface area contributed by atoms with Gasteiger partial charge in [0.25, 0.3) is 11.8 Å². The van der Waals surface area contributed by atoms with Crippen molar-refractivity contribution in [2.75, 3.05) is 11.9 Å². The Kier molecular flexibility index (Phi) is 6.23. The van der Waals surface area contributed by atoms with Gasteiger partial charge in [0.1, 0.15) is 11.4 Å². The summed E-state index contributed by atoms with van der Waals surface area (Å²) in [5.74, 6) is -0.0756. The zero-order chi connectivity index (χ0) is 22.7. The van der Waals surface area contributed by atoms with Crippen molar-refractivity contribution in [1.29, 1.82) is 0 Å². The number of ether oxygens (including phenoxy) is 1. The average Bonchev–Trinajstić information content (AvgIpc) is 3.03.